The van der Waals surface area contributed by atoms with Crippen molar-refractivity contribution >= 4 is 5.71 Å². The fraction of sp³-hybridized carbons (Fsp3) is 0.909. The van der Waals surface area contributed by atoms with E-state index in [0.717, 1.165) is 6.54 Å². The van der Waals surface area contributed by atoms with Crippen LogP contribution in [0.4, 0.5) is 0 Å². The van der Waals surface area contributed by atoms with Gasteiger partial charge >= 0.3 is 0 Å². The summed E-state index contributed by atoms with van der Waals surface area (Å²) in [6.07, 6.45) is 2.54. The Balaban J connectivity index is 1.98. The predicted molar refractivity (Wildman–Crippen MR) is 57.4 cm³/mol. The second-order valence-electron chi connectivity index (χ2n) is 5.34. The lowest BCUT2D eigenvalue weighted by Crippen LogP contribution is -2.48. The van der Waals surface area contributed by atoms with Crippen molar-refractivity contribution in [1.82, 2.24) is 4.90 Å². The van der Waals surface area contributed by atoms with Crippen molar-refractivity contribution < 1.29 is 4.84 Å². The Hall–Kier alpha value is -0.570. The third kappa shape index (κ3) is 2.27. The lowest BCUT2D eigenvalue weighted by Gasteiger charge is -2.39. The zero-order valence-corrected chi connectivity index (χ0v) is 9.42. The van der Waals surface area contributed by atoms with Crippen LogP contribution in [0, 0.1) is 5.92 Å². The van der Waals surface area contributed by atoms with Crippen LogP contribution in [0.2, 0.25) is 0 Å². The minimum absolute atomic E-state index is 0.154. The summed E-state index contributed by atoms with van der Waals surface area (Å²) < 4.78 is 0. The first-order valence-electron chi connectivity index (χ1n) is 5.52. The highest BCUT2D eigenvalue weighted by Crippen LogP contribution is 2.25. The number of hydrogen-bond acceptors (Lipinski definition) is 3. The summed E-state index contributed by atoms with van der Waals surface area (Å²) in [6.45, 7) is 9.65. The first-order chi connectivity index (χ1) is 6.54. The zero-order valence-electron chi connectivity index (χ0n) is 9.42. The zero-order chi connectivity index (χ0) is 10.2. The molecule has 14 heavy (non-hydrogen) atoms. The predicted octanol–water partition coefficient (Wildman–Crippen LogP) is 1.88. The first-order valence-corrected chi connectivity index (χ1v) is 5.52. The lowest BCUT2D eigenvalue weighted by atomic mass is 9.87. The molecule has 80 valence electrons. The average Bonchev–Trinajstić information content (AvgIpc) is 2.16. The molecule has 2 bridgehead atoms. The SMILES string of the molecule is CC(C)(C)ON=C1CN2CCC1CC2. The van der Waals surface area contributed by atoms with Crippen LogP contribution >= 0.6 is 0 Å². The molecule has 3 saturated heterocycles. The summed E-state index contributed by atoms with van der Waals surface area (Å²) in [5, 5.41) is 4.31. The average molecular weight is 196 g/mol. The maximum atomic E-state index is 5.48. The van der Waals surface area contributed by atoms with Crippen molar-refractivity contribution in [1.29, 1.82) is 0 Å². The fourth-order valence-electron chi connectivity index (χ4n) is 2.08. The Morgan fingerprint density at radius 1 is 1.29 bits per heavy atom. The van der Waals surface area contributed by atoms with E-state index in [2.05, 4.69) is 10.1 Å². The van der Waals surface area contributed by atoms with Gasteiger partial charge in [-0.15, -0.1) is 0 Å². The number of fused-ring (bicyclic) bond motifs is 3. The van der Waals surface area contributed by atoms with Crippen LogP contribution in [0.15, 0.2) is 5.16 Å². The van der Waals surface area contributed by atoms with E-state index in [4.69, 9.17) is 4.84 Å². The Morgan fingerprint density at radius 2 is 1.93 bits per heavy atom. The Labute approximate surface area is 86.1 Å². The first kappa shape index (κ1) is 9.97. The highest BCUT2D eigenvalue weighted by Gasteiger charge is 2.31. The van der Waals surface area contributed by atoms with E-state index in [1.165, 1.54) is 31.6 Å². The molecule has 0 N–H and O–H groups in total. The molecule has 0 aromatic carbocycles. The van der Waals surface area contributed by atoms with Crippen LogP contribution in [0.5, 0.6) is 0 Å². The summed E-state index contributed by atoms with van der Waals surface area (Å²) in [5.74, 6) is 0.697. The van der Waals surface area contributed by atoms with E-state index in [1.807, 2.05) is 20.8 Å². The van der Waals surface area contributed by atoms with Crippen molar-refractivity contribution in [3.63, 3.8) is 0 Å². The van der Waals surface area contributed by atoms with Gasteiger partial charge in [-0.25, -0.2) is 0 Å². The van der Waals surface area contributed by atoms with Crippen LogP contribution < -0.4 is 0 Å². The smallest absolute Gasteiger partial charge is 0.129 e. The van der Waals surface area contributed by atoms with Gasteiger partial charge in [-0.3, -0.25) is 4.90 Å². The van der Waals surface area contributed by atoms with E-state index in [9.17, 15) is 0 Å². The molecule has 0 aromatic rings. The summed E-state index contributed by atoms with van der Waals surface area (Å²) in [6, 6.07) is 0. The molecular weight excluding hydrogens is 176 g/mol. The maximum Gasteiger partial charge on any atom is 0.129 e. The molecule has 0 aliphatic carbocycles. The Kier molecular flexibility index (Phi) is 2.52. The van der Waals surface area contributed by atoms with Crippen molar-refractivity contribution in [3.8, 4) is 0 Å². The van der Waals surface area contributed by atoms with E-state index in [0.29, 0.717) is 5.92 Å². The van der Waals surface area contributed by atoms with Gasteiger partial charge in [0.2, 0.25) is 0 Å². The quantitative estimate of drug-likeness (QED) is 0.598. The topological polar surface area (TPSA) is 24.8 Å². The second-order valence-corrected chi connectivity index (χ2v) is 5.34. The van der Waals surface area contributed by atoms with Gasteiger partial charge in [0, 0.05) is 12.5 Å². The lowest BCUT2D eigenvalue weighted by molar-refractivity contribution is -0.00237. The molecule has 0 radical (unpaired) electrons. The molecule has 0 aromatic heterocycles. The van der Waals surface area contributed by atoms with E-state index in [-0.39, 0.29) is 5.60 Å². The van der Waals surface area contributed by atoms with E-state index < -0.39 is 0 Å². The largest absolute Gasteiger partial charge is 0.390 e. The molecule has 3 fully saturated rings. The van der Waals surface area contributed by atoms with Crippen LogP contribution in [0.1, 0.15) is 33.6 Å². The fourth-order valence-corrected chi connectivity index (χ4v) is 2.08. The van der Waals surface area contributed by atoms with Crippen molar-refractivity contribution in [3.05, 3.63) is 0 Å². The van der Waals surface area contributed by atoms with Crippen LogP contribution in [-0.4, -0.2) is 35.8 Å². The summed E-state index contributed by atoms with van der Waals surface area (Å²) in [5.41, 5.74) is 1.11. The van der Waals surface area contributed by atoms with Gasteiger partial charge in [-0.2, -0.15) is 0 Å². The monoisotopic (exact) mass is 196 g/mol. The molecule has 0 amide bonds. The Morgan fingerprint density at radius 3 is 2.36 bits per heavy atom. The van der Waals surface area contributed by atoms with Gasteiger partial charge in [0.25, 0.3) is 0 Å². The van der Waals surface area contributed by atoms with Crippen LogP contribution in [0.25, 0.3) is 0 Å². The number of rotatable bonds is 1. The molecule has 3 heteroatoms. The number of nitrogens with zero attached hydrogens (tertiary/aromatic N) is 2. The van der Waals surface area contributed by atoms with Gasteiger partial charge < -0.3 is 4.84 Å². The van der Waals surface area contributed by atoms with Crippen molar-refractivity contribution in [2.45, 2.75) is 39.2 Å². The van der Waals surface area contributed by atoms with Crippen LogP contribution in [0.3, 0.4) is 0 Å². The third-order valence-electron chi connectivity index (χ3n) is 2.88. The van der Waals surface area contributed by atoms with Gasteiger partial charge in [-0.1, -0.05) is 5.16 Å². The van der Waals surface area contributed by atoms with Crippen molar-refractivity contribution in [2.75, 3.05) is 19.6 Å². The van der Waals surface area contributed by atoms with E-state index in [1.54, 1.807) is 0 Å². The summed E-state index contributed by atoms with van der Waals surface area (Å²) in [4.78, 5) is 7.95. The second kappa shape index (κ2) is 3.54. The summed E-state index contributed by atoms with van der Waals surface area (Å²) >= 11 is 0. The number of hydrogen-bond donors (Lipinski definition) is 0. The highest BCUT2D eigenvalue weighted by molar-refractivity contribution is 5.89. The van der Waals surface area contributed by atoms with E-state index >= 15 is 0 Å². The standard InChI is InChI=1S/C11H20N2O/c1-11(2,3)14-12-10-8-13-6-4-9(10)5-7-13/h9H,4-8H2,1-3H3. The minimum atomic E-state index is -0.154. The molecule has 0 atom stereocenters. The number of oxime groups is 1. The Bertz CT molecular complexity index is 234. The molecule has 3 aliphatic rings. The molecule has 3 rings (SSSR count). The molecule has 0 unspecified atom stereocenters. The number of piperidine rings is 3. The van der Waals surface area contributed by atoms with Crippen LogP contribution in [-0.2, 0) is 4.84 Å². The minimum Gasteiger partial charge on any atom is -0.390 e. The highest BCUT2D eigenvalue weighted by atomic mass is 16.6. The normalized spacial score (nSPS) is 34.9. The molecule has 3 nitrogen and oxygen atoms in total. The van der Waals surface area contributed by atoms with Gasteiger partial charge in [0.05, 0.1) is 5.71 Å². The van der Waals surface area contributed by atoms with Gasteiger partial charge in [0.1, 0.15) is 5.60 Å². The molecule has 0 saturated carbocycles. The molecule has 3 heterocycles. The molecule has 3 aliphatic heterocycles. The maximum absolute atomic E-state index is 5.48. The van der Waals surface area contributed by atoms with Gasteiger partial charge in [-0.05, 0) is 46.7 Å². The van der Waals surface area contributed by atoms with Crippen molar-refractivity contribution in [2.24, 2.45) is 11.1 Å². The third-order valence-corrected chi connectivity index (χ3v) is 2.88. The summed E-state index contributed by atoms with van der Waals surface area (Å²) in [7, 11) is 0. The molecular formula is C11H20N2O. The molecule has 0 spiro atoms. The van der Waals surface area contributed by atoms with Gasteiger partial charge in [0.15, 0.2) is 0 Å².